The van der Waals surface area contributed by atoms with E-state index in [1.165, 1.54) is 0 Å². The maximum absolute atomic E-state index is 4.77. The van der Waals surface area contributed by atoms with E-state index in [1.807, 2.05) is 20.8 Å². The molecule has 54 valence electrons. The van der Waals surface area contributed by atoms with E-state index < -0.39 is 0 Å². The summed E-state index contributed by atoms with van der Waals surface area (Å²) in [7, 11) is 0. The number of thiol groups is 1. The first-order valence-electron chi connectivity index (χ1n) is 2.50. The molecule has 0 N–H and O–H groups in total. The summed E-state index contributed by atoms with van der Waals surface area (Å²) >= 11 is 8.17. The second kappa shape index (κ2) is 3.39. The molecular weight excluding hydrogens is 156 g/mol. The van der Waals surface area contributed by atoms with Crippen LogP contribution < -0.4 is 0 Å². The summed E-state index contributed by atoms with van der Waals surface area (Å²) in [4.78, 5) is 9.28. The molecule has 0 aromatic rings. The van der Waals surface area contributed by atoms with Gasteiger partial charge in [0.2, 0.25) is 0 Å². The summed E-state index contributed by atoms with van der Waals surface area (Å²) in [5, 5.41) is 0. The van der Waals surface area contributed by atoms with Crippen molar-refractivity contribution in [2.24, 2.45) is 0 Å². The van der Waals surface area contributed by atoms with E-state index in [0.717, 1.165) is 0 Å². The van der Waals surface area contributed by atoms with Gasteiger partial charge in [-0.3, -0.25) is 0 Å². The van der Waals surface area contributed by atoms with Crippen molar-refractivity contribution in [2.45, 2.75) is 26.4 Å². The summed E-state index contributed by atoms with van der Waals surface area (Å²) in [6.45, 7) is 5.58. The zero-order valence-electron chi connectivity index (χ0n) is 5.67. The predicted molar refractivity (Wildman–Crippen MR) is 43.5 cm³/mol. The fourth-order valence-electron chi connectivity index (χ4n) is 0.161. The highest BCUT2D eigenvalue weighted by Crippen LogP contribution is 2.07. The summed E-state index contributed by atoms with van der Waals surface area (Å²) in [6, 6.07) is 0. The Morgan fingerprint density at radius 2 is 1.89 bits per heavy atom. The largest absolute Gasteiger partial charge is 0.318 e. The highest BCUT2D eigenvalue weighted by Gasteiger charge is 2.11. The predicted octanol–water partition coefficient (Wildman–Crippen LogP) is 1.95. The molecule has 2 nitrogen and oxygen atoms in total. The standard InChI is InChI=1S/C5H10O2S2/c1-5(2,3)7-6-4(8)9/h1-3H3,(H,8,9). The molecule has 0 rings (SSSR count). The van der Waals surface area contributed by atoms with E-state index in [1.54, 1.807) is 0 Å². The second-order valence-corrected chi connectivity index (χ2v) is 3.62. The van der Waals surface area contributed by atoms with Crippen molar-refractivity contribution in [3.05, 3.63) is 0 Å². The van der Waals surface area contributed by atoms with Gasteiger partial charge in [0.05, 0.1) is 0 Å². The fraction of sp³-hybridized carbons (Fsp3) is 0.800. The fourth-order valence-corrected chi connectivity index (χ4v) is 0.232. The third-order valence-electron chi connectivity index (χ3n) is 0.363. The summed E-state index contributed by atoms with van der Waals surface area (Å²) in [5.74, 6) is 0. The molecule has 0 bridgehead atoms. The topological polar surface area (TPSA) is 18.5 Å². The molecule has 0 aliphatic heterocycles. The van der Waals surface area contributed by atoms with E-state index in [-0.39, 0.29) is 9.98 Å². The van der Waals surface area contributed by atoms with Gasteiger partial charge < -0.3 is 4.89 Å². The summed E-state index contributed by atoms with van der Waals surface area (Å²) < 4.78 is 0.102. The third-order valence-corrected chi connectivity index (χ3v) is 0.506. The zero-order valence-corrected chi connectivity index (χ0v) is 7.38. The molecule has 0 atom stereocenters. The van der Waals surface area contributed by atoms with Gasteiger partial charge in [0, 0.05) is 0 Å². The Bertz CT molecular complexity index is 106. The quantitative estimate of drug-likeness (QED) is 0.278. The molecule has 0 saturated heterocycles. The number of hydrogen-bond donors (Lipinski definition) is 1. The van der Waals surface area contributed by atoms with Crippen molar-refractivity contribution in [2.75, 3.05) is 0 Å². The Kier molecular flexibility index (Phi) is 3.46. The molecule has 0 aliphatic carbocycles. The van der Waals surface area contributed by atoms with Crippen LogP contribution in [0.4, 0.5) is 0 Å². The lowest BCUT2D eigenvalue weighted by Crippen LogP contribution is -2.19. The van der Waals surface area contributed by atoms with Crippen molar-refractivity contribution in [3.63, 3.8) is 0 Å². The first kappa shape index (κ1) is 9.20. The van der Waals surface area contributed by atoms with Gasteiger partial charge in [0.1, 0.15) is 5.60 Å². The normalized spacial score (nSPS) is 11.1. The molecule has 9 heavy (non-hydrogen) atoms. The molecule has 0 aromatic heterocycles. The van der Waals surface area contributed by atoms with Crippen molar-refractivity contribution in [1.29, 1.82) is 0 Å². The molecule has 0 aliphatic rings. The first-order chi connectivity index (χ1) is 3.92. The van der Waals surface area contributed by atoms with Gasteiger partial charge in [-0.2, -0.15) is 4.89 Å². The van der Waals surface area contributed by atoms with Gasteiger partial charge in [-0.1, -0.05) is 12.6 Å². The SMILES string of the molecule is CC(C)(C)OOC(=S)S. The van der Waals surface area contributed by atoms with Gasteiger partial charge in [0.25, 0.3) is 4.38 Å². The average Bonchev–Trinajstić information content (AvgIpc) is 1.59. The second-order valence-electron chi connectivity index (χ2n) is 2.54. The van der Waals surface area contributed by atoms with Crippen molar-refractivity contribution in [1.82, 2.24) is 0 Å². The Morgan fingerprint density at radius 3 is 2.00 bits per heavy atom. The van der Waals surface area contributed by atoms with Gasteiger partial charge in [-0.15, -0.1) is 0 Å². The summed E-state index contributed by atoms with van der Waals surface area (Å²) in [5.41, 5.74) is -0.327. The smallest absolute Gasteiger partial charge is 0.260 e. The number of rotatable bonds is 1. The minimum Gasteiger partial charge on any atom is -0.318 e. The molecule has 0 spiro atoms. The van der Waals surface area contributed by atoms with Crippen molar-refractivity contribution >= 4 is 29.2 Å². The molecule has 0 heterocycles. The Balaban J connectivity index is 3.39. The maximum atomic E-state index is 4.77. The van der Waals surface area contributed by atoms with Crippen LogP contribution in [0.3, 0.4) is 0 Å². The van der Waals surface area contributed by atoms with E-state index in [2.05, 4.69) is 29.7 Å². The van der Waals surface area contributed by atoms with Crippen LogP contribution in [0.5, 0.6) is 0 Å². The molecule has 0 amide bonds. The minimum absolute atomic E-state index is 0.102. The molecule has 0 fully saturated rings. The Hall–Kier alpha value is 0.200. The van der Waals surface area contributed by atoms with Crippen LogP contribution in [0.2, 0.25) is 0 Å². The van der Waals surface area contributed by atoms with E-state index in [9.17, 15) is 0 Å². The highest BCUT2D eigenvalue weighted by atomic mass is 32.1. The highest BCUT2D eigenvalue weighted by molar-refractivity contribution is 8.10. The van der Waals surface area contributed by atoms with Crippen LogP contribution in [0.25, 0.3) is 0 Å². The lowest BCUT2D eigenvalue weighted by molar-refractivity contribution is -0.283. The minimum atomic E-state index is -0.327. The van der Waals surface area contributed by atoms with Gasteiger partial charge in [0.15, 0.2) is 0 Å². The number of hydrogen-bond acceptors (Lipinski definition) is 3. The van der Waals surface area contributed by atoms with Crippen LogP contribution in [0.15, 0.2) is 0 Å². The summed E-state index contributed by atoms with van der Waals surface area (Å²) in [6.07, 6.45) is 0. The Labute approximate surface area is 65.9 Å². The van der Waals surface area contributed by atoms with E-state index in [0.29, 0.717) is 0 Å². The monoisotopic (exact) mass is 166 g/mol. The molecule has 0 unspecified atom stereocenters. The van der Waals surface area contributed by atoms with Gasteiger partial charge in [-0.05, 0) is 33.0 Å². The molecule has 0 aromatic carbocycles. The zero-order chi connectivity index (χ0) is 7.49. The lowest BCUT2D eigenvalue weighted by Gasteiger charge is -2.16. The van der Waals surface area contributed by atoms with Crippen LogP contribution >= 0.6 is 24.8 Å². The third kappa shape index (κ3) is 8.20. The van der Waals surface area contributed by atoms with Crippen LogP contribution in [-0.2, 0) is 9.78 Å². The molecule has 0 saturated carbocycles. The Morgan fingerprint density at radius 1 is 1.44 bits per heavy atom. The molecule has 4 heteroatoms. The van der Waals surface area contributed by atoms with Gasteiger partial charge >= 0.3 is 0 Å². The number of thiocarbonyl (C=S) groups is 1. The molecule has 0 radical (unpaired) electrons. The van der Waals surface area contributed by atoms with Crippen molar-refractivity contribution < 1.29 is 9.78 Å². The van der Waals surface area contributed by atoms with Gasteiger partial charge in [-0.25, -0.2) is 0 Å². The lowest BCUT2D eigenvalue weighted by atomic mass is 10.2. The van der Waals surface area contributed by atoms with Crippen LogP contribution in [-0.4, -0.2) is 9.98 Å². The first-order valence-corrected chi connectivity index (χ1v) is 3.36. The van der Waals surface area contributed by atoms with Crippen LogP contribution in [0.1, 0.15) is 20.8 Å². The van der Waals surface area contributed by atoms with E-state index in [4.69, 9.17) is 4.89 Å². The maximum Gasteiger partial charge on any atom is 0.260 e. The van der Waals surface area contributed by atoms with E-state index >= 15 is 0 Å². The average molecular weight is 166 g/mol. The molecular formula is C5H10O2S2. The van der Waals surface area contributed by atoms with Crippen molar-refractivity contribution in [3.8, 4) is 0 Å². The van der Waals surface area contributed by atoms with Crippen LogP contribution in [0, 0.1) is 0 Å².